The van der Waals surface area contributed by atoms with E-state index in [1.54, 1.807) is 42.5 Å². The number of imidazole rings is 1. The molecule has 6 aromatic rings. The number of carboxylic acids is 1. The van der Waals surface area contributed by atoms with Gasteiger partial charge in [-0.05, 0) is 108 Å². The van der Waals surface area contributed by atoms with Crippen LogP contribution >= 0.6 is 11.6 Å². The van der Waals surface area contributed by atoms with E-state index >= 15 is 0 Å². The molecule has 1 aliphatic heterocycles. The number of hydrogen-bond donors (Lipinski definition) is 1. The summed E-state index contributed by atoms with van der Waals surface area (Å²) in [5.74, 6) is 0.895. The van der Waals surface area contributed by atoms with Crippen molar-refractivity contribution in [1.82, 2.24) is 14.0 Å². The van der Waals surface area contributed by atoms with Gasteiger partial charge in [0, 0.05) is 56.5 Å². The van der Waals surface area contributed by atoms with E-state index in [9.17, 15) is 14.7 Å². The first kappa shape index (κ1) is 40.8. The molecule has 0 unspecified atom stereocenters. The molecule has 2 aliphatic rings. The third kappa shape index (κ3) is 8.27. The van der Waals surface area contributed by atoms with Crippen molar-refractivity contribution in [2.75, 3.05) is 51.8 Å². The van der Waals surface area contributed by atoms with Crippen LogP contribution in [0.2, 0.25) is 5.02 Å². The van der Waals surface area contributed by atoms with E-state index in [-0.39, 0.29) is 22.4 Å². The van der Waals surface area contributed by atoms with Crippen molar-refractivity contribution in [1.29, 1.82) is 0 Å². The number of hydrogen-bond acceptors (Lipinski definition) is 7. The van der Waals surface area contributed by atoms with Crippen molar-refractivity contribution < 1.29 is 24.1 Å². The number of anilines is 1. The van der Waals surface area contributed by atoms with Crippen LogP contribution in [0.25, 0.3) is 16.6 Å². The van der Waals surface area contributed by atoms with Gasteiger partial charge in [-0.15, -0.1) is 0 Å². The molecule has 0 saturated carbocycles. The van der Waals surface area contributed by atoms with E-state index in [2.05, 4.69) is 35.8 Å². The summed E-state index contributed by atoms with van der Waals surface area (Å²) in [7, 11) is 4.95. The van der Waals surface area contributed by atoms with Gasteiger partial charge < -0.3 is 24.2 Å². The normalized spacial score (nSPS) is 15.8. The maximum atomic E-state index is 14.4. The molecule has 0 amide bonds. The van der Waals surface area contributed by atoms with Crippen LogP contribution in [0.15, 0.2) is 120 Å². The number of nitrogens with zero attached hydrogens (tertiary/aromatic N) is 4. The summed E-state index contributed by atoms with van der Waals surface area (Å²) in [5.41, 5.74) is 8.06. The Kier molecular flexibility index (Phi) is 11.5. The molecular weight excluding hydrogens is 776 g/mol. The first-order valence-corrected chi connectivity index (χ1v) is 20.8. The lowest BCUT2D eigenvalue weighted by Gasteiger charge is -2.39. The van der Waals surface area contributed by atoms with Gasteiger partial charge in [-0.1, -0.05) is 73.5 Å². The Hall–Kier alpha value is -5.97. The SMILES string of the molecule is COc1ccc(C(c2ccc(OC)cc2)n2c(=O)n(C)c3c(Oc4cc(N5CCN(CC6=C(c7ccc(Cl)cc7)CC(C)(C)CC6)CC5)ccc4C(=O)O)cccc32)cc1. The molecule has 1 N–H and O–H groups in total. The van der Waals surface area contributed by atoms with Gasteiger partial charge in [0.05, 0.1) is 25.8 Å². The molecular formula is C49H51ClN4O6. The summed E-state index contributed by atoms with van der Waals surface area (Å²) >= 11 is 6.25. The van der Waals surface area contributed by atoms with Crippen molar-refractivity contribution in [3.05, 3.63) is 153 Å². The largest absolute Gasteiger partial charge is 0.497 e. The number of fused-ring (bicyclic) bond motifs is 1. The predicted molar refractivity (Wildman–Crippen MR) is 239 cm³/mol. The minimum atomic E-state index is -1.10. The molecule has 1 aliphatic carbocycles. The van der Waals surface area contributed by atoms with Gasteiger partial charge in [0.1, 0.15) is 28.3 Å². The van der Waals surface area contributed by atoms with Gasteiger partial charge in [-0.25, -0.2) is 9.59 Å². The zero-order valence-corrected chi connectivity index (χ0v) is 35.5. The molecule has 1 aromatic heterocycles. The van der Waals surface area contributed by atoms with Gasteiger partial charge >= 0.3 is 11.7 Å². The van der Waals surface area contributed by atoms with Crippen LogP contribution in [0, 0.1) is 5.41 Å². The highest BCUT2D eigenvalue weighted by molar-refractivity contribution is 6.30. The number of aryl methyl sites for hydroxylation is 1. The topological polar surface area (TPSA) is 98.4 Å². The average Bonchev–Trinajstić information content (AvgIpc) is 3.51. The van der Waals surface area contributed by atoms with Crippen molar-refractivity contribution in [3.63, 3.8) is 0 Å². The Morgan fingerprint density at radius 2 is 1.45 bits per heavy atom. The smallest absolute Gasteiger partial charge is 0.339 e. The van der Waals surface area contributed by atoms with Crippen molar-refractivity contribution >= 4 is 39.9 Å². The van der Waals surface area contributed by atoms with E-state index < -0.39 is 12.0 Å². The second kappa shape index (κ2) is 17.0. The number of methoxy groups -OCH3 is 2. The lowest BCUT2D eigenvalue weighted by Crippen LogP contribution is -2.47. The lowest BCUT2D eigenvalue weighted by molar-refractivity contribution is 0.0694. The number of carboxylic acid groups (broad SMARTS) is 1. The summed E-state index contributed by atoms with van der Waals surface area (Å²) in [6.07, 6.45) is 3.28. The average molecular weight is 827 g/mol. The Balaban J connectivity index is 1.08. The van der Waals surface area contributed by atoms with Crippen molar-refractivity contribution in [2.24, 2.45) is 12.5 Å². The number of aromatic carboxylic acids is 1. The molecule has 11 heteroatoms. The van der Waals surface area contributed by atoms with Crippen LogP contribution < -0.4 is 24.8 Å². The van der Waals surface area contributed by atoms with Crippen LogP contribution in [-0.4, -0.2) is 72.1 Å². The Labute approximate surface area is 355 Å². The lowest BCUT2D eigenvalue weighted by atomic mass is 9.72. The van der Waals surface area contributed by atoms with Crippen LogP contribution in [0.3, 0.4) is 0 Å². The molecule has 0 radical (unpaired) electrons. The molecule has 0 atom stereocenters. The minimum Gasteiger partial charge on any atom is -0.497 e. The molecule has 0 bridgehead atoms. The fourth-order valence-corrected chi connectivity index (χ4v) is 8.91. The number of halogens is 1. The molecule has 0 spiro atoms. The molecule has 1 saturated heterocycles. The Morgan fingerprint density at radius 3 is 2.05 bits per heavy atom. The van der Waals surface area contributed by atoms with Crippen molar-refractivity contribution in [3.8, 4) is 23.0 Å². The van der Waals surface area contributed by atoms with Gasteiger partial charge in [0.25, 0.3) is 0 Å². The van der Waals surface area contributed by atoms with Crippen LogP contribution in [-0.2, 0) is 7.05 Å². The number of ether oxygens (including phenoxy) is 3. The van der Waals surface area contributed by atoms with Crippen LogP contribution in [0.5, 0.6) is 23.0 Å². The fraction of sp³-hybridized carbons (Fsp3) is 0.306. The Morgan fingerprint density at radius 1 is 0.817 bits per heavy atom. The minimum absolute atomic E-state index is 0.0371. The molecule has 60 heavy (non-hydrogen) atoms. The zero-order valence-electron chi connectivity index (χ0n) is 34.8. The first-order chi connectivity index (χ1) is 28.9. The molecule has 1 fully saturated rings. The zero-order chi connectivity index (χ0) is 42.1. The molecule has 10 nitrogen and oxygen atoms in total. The second-order valence-corrected chi connectivity index (χ2v) is 17.0. The predicted octanol–water partition coefficient (Wildman–Crippen LogP) is 9.92. The standard InChI is InChI=1S/C49H51ClN4O6/c1-49(2)24-23-35(41(30-49)32-9-15-36(50)16-10-32)31-52-25-27-53(28-26-52)37-17-22-40(47(55)56)44(29-37)60-43-8-6-7-42-46(43)51(3)48(57)54(42)45(33-11-18-38(58-4)19-12-33)34-13-20-39(59-5)21-14-34/h6-22,29,45H,23-28,30-31H2,1-5H3,(H,55,56). The number of allylic oxidation sites excluding steroid dienone is 1. The first-order valence-electron chi connectivity index (χ1n) is 20.4. The van der Waals surface area contributed by atoms with Crippen LogP contribution in [0.1, 0.15) is 66.2 Å². The van der Waals surface area contributed by atoms with Gasteiger partial charge in [0.15, 0.2) is 5.75 Å². The highest BCUT2D eigenvalue weighted by atomic mass is 35.5. The third-order valence-electron chi connectivity index (χ3n) is 12.1. The molecule has 5 aromatic carbocycles. The fourth-order valence-electron chi connectivity index (χ4n) is 8.78. The maximum absolute atomic E-state index is 14.4. The van der Waals surface area contributed by atoms with Crippen LogP contribution in [0.4, 0.5) is 5.69 Å². The quantitative estimate of drug-likeness (QED) is 0.130. The number of piperazine rings is 1. The molecule has 2 heterocycles. The van der Waals surface area contributed by atoms with Gasteiger partial charge in [-0.3, -0.25) is 14.0 Å². The van der Waals surface area contributed by atoms with E-state index in [0.717, 1.165) is 73.8 Å². The monoisotopic (exact) mass is 826 g/mol. The highest BCUT2D eigenvalue weighted by Gasteiger charge is 2.30. The van der Waals surface area contributed by atoms with Gasteiger partial charge in [0.2, 0.25) is 0 Å². The third-order valence-corrected chi connectivity index (χ3v) is 12.4. The molecule has 8 rings (SSSR count). The van der Waals surface area contributed by atoms with E-state index in [1.807, 2.05) is 84.9 Å². The number of carbonyl (C=O) groups is 1. The number of rotatable bonds is 12. The van der Waals surface area contributed by atoms with E-state index in [0.29, 0.717) is 28.3 Å². The summed E-state index contributed by atoms with van der Waals surface area (Å²) in [6, 6.07) is 33.9. The number of aromatic nitrogens is 2. The van der Waals surface area contributed by atoms with E-state index in [1.165, 1.54) is 16.7 Å². The summed E-state index contributed by atoms with van der Waals surface area (Å²) in [5, 5.41) is 11.1. The molecule has 310 valence electrons. The summed E-state index contributed by atoms with van der Waals surface area (Å²) < 4.78 is 20.8. The summed E-state index contributed by atoms with van der Waals surface area (Å²) in [6.45, 7) is 8.94. The summed E-state index contributed by atoms with van der Waals surface area (Å²) in [4.78, 5) is 31.8. The second-order valence-electron chi connectivity index (χ2n) is 16.6. The van der Waals surface area contributed by atoms with Gasteiger partial charge in [-0.2, -0.15) is 0 Å². The number of benzene rings is 5. The number of para-hydroxylation sites is 1. The highest BCUT2D eigenvalue weighted by Crippen LogP contribution is 2.44. The van der Waals surface area contributed by atoms with Crippen molar-refractivity contribution in [2.45, 2.75) is 39.2 Å². The van der Waals surface area contributed by atoms with E-state index in [4.69, 9.17) is 25.8 Å². The maximum Gasteiger partial charge on any atom is 0.339 e. The Bertz CT molecular complexity index is 2560.